The minimum Gasteiger partial charge on any atom is -0.489 e. The number of hydrogen-bond acceptors (Lipinski definition) is 2. The Hall–Kier alpha value is -2.10. The normalized spacial score (nSPS) is 10.2. The van der Waals surface area contributed by atoms with Gasteiger partial charge in [-0.1, -0.05) is 12.1 Å². The van der Waals surface area contributed by atoms with E-state index in [1.165, 1.54) is 0 Å². The van der Waals surface area contributed by atoms with Crippen LogP contribution in [-0.4, -0.2) is 0 Å². The molecule has 0 spiro atoms. The van der Waals surface area contributed by atoms with Gasteiger partial charge in [0.2, 0.25) is 0 Å². The molecule has 2 N–H and O–H groups in total. The summed E-state index contributed by atoms with van der Waals surface area (Å²) in [4.78, 5) is 0. The molecule has 0 radical (unpaired) electrons. The molecule has 0 saturated carbocycles. The first-order chi connectivity index (χ1) is 8.13. The Bertz CT molecular complexity index is 508. The van der Waals surface area contributed by atoms with Gasteiger partial charge in [-0.25, -0.2) is 8.78 Å². The highest BCUT2D eigenvalue weighted by Crippen LogP contribution is 2.17. The van der Waals surface area contributed by atoms with E-state index < -0.39 is 11.6 Å². The van der Waals surface area contributed by atoms with Crippen molar-refractivity contribution >= 4 is 5.69 Å². The third kappa shape index (κ3) is 3.17. The van der Waals surface area contributed by atoms with E-state index in [1.54, 1.807) is 18.2 Å². The van der Waals surface area contributed by atoms with Crippen molar-refractivity contribution in [3.8, 4) is 5.75 Å². The fourth-order valence-corrected chi connectivity index (χ4v) is 1.46. The molecular weight excluding hydrogens is 224 g/mol. The van der Waals surface area contributed by atoms with E-state index in [0.29, 0.717) is 5.69 Å². The maximum atomic E-state index is 12.9. The van der Waals surface area contributed by atoms with Gasteiger partial charge in [0.15, 0.2) is 0 Å². The Morgan fingerprint density at radius 3 is 2.35 bits per heavy atom. The first-order valence-electron chi connectivity index (χ1n) is 5.07. The summed E-state index contributed by atoms with van der Waals surface area (Å²) in [6, 6.07) is 10.2. The molecule has 0 aromatic heterocycles. The lowest BCUT2D eigenvalue weighted by Gasteiger charge is -2.07. The van der Waals surface area contributed by atoms with Gasteiger partial charge in [0.25, 0.3) is 0 Å². The summed E-state index contributed by atoms with van der Waals surface area (Å²) in [7, 11) is 0. The second-order valence-electron chi connectivity index (χ2n) is 3.64. The molecule has 0 unspecified atom stereocenters. The van der Waals surface area contributed by atoms with Crippen molar-refractivity contribution < 1.29 is 13.5 Å². The lowest BCUT2D eigenvalue weighted by Crippen LogP contribution is -1.97. The minimum absolute atomic E-state index is 0.157. The molecule has 17 heavy (non-hydrogen) atoms. The van der Waals surface area contributed by atoms with Crippen molar-refractivity contribution in [3.63, 3.8) is 0 Å². The van der Waals surface area contributed by atoms with Gasteiger partial charge in [0, 0.05) is 23.9 Å². The second kappa shape index (κ2) is 4.82. The lowest BCUT2D eigenvalue weighted by atomic mass is 10.2. The van der Waals surface area contributed by atoms with Crippen LogP contribution in [0, 0.1) is 11.6 Å². The van der Waals surface area contributed by atoms with Crippen LogP contribution in [0.25, 0.3) is 0 Å². The third-order valence-electron chi connectivity index (χ3n) is 2.19. The molecule has 0 aliphatic rings. The van der Waals surface area contributed by atoms with Crippen LogP contribution >= 0.6 is 0 Å². The summed E-state index contributed by atoms with van der Waals surface area (Å²) in [6.45, 7) is 0.216. The summed E-state index contributed by atoms with van der Waals surface area (Å²) in [5.74, 6) is -1.16. The zero-order chi connectivity index (χ0) is 12.3. The number of ether oxygens (including phenoxy) is 1. The van der Waals surface area contributed by atoms with E-state index in [1.807, 2.05) is 6.07 Å². The molecule has 0 atom stereocenters. The Balaban J connectivity index is 2.07. The first-order valence-corrected chi connectivity index (χ1v) is 5.07. The first kappa shape index (κ1) is 11.4. The molecular formula is C13H11F2NO. The maximum Gasteiger partial charge on any atom is 0.129 e. The number of benzene rings is 2. The van der Waals surface area contributed by atoms with E-state index >= 15 is 0 Å². The minimum atomic E-state index is -0.660. The van der Waals surface area contributed by atoms with Crippen molar-refractivity contribution in [2.45, 2.75) is 6.61 Å². The second-order valence-corrected chi connectivity index (χ2v) is 3.64. The third-order valence-corrected chi connectivity index (χ3v) is 2.19. The summed E-state index contributed by atoms with van der Waals surface area (Å²) in [5.41, 5.74) is 7.06. The summed E-state index contributed by atoms with van der Waals surface area (Å²) in [6.07, 6.45) is 0. The topological polar surface area (TPSA) is 35.2 Å². The van der Waals surface area contributed by atoms with Crippen molar-refractivity contribution in [1.29, 1.82) is 0 Å². The van der Waals surface area contributed by atoms with Crippen molar-refractivity contribution in [3.05, 3.63) is 59.7 Å². The Morgan fingerprint density at radius 1 is 1.00 bits per heavy atom. The van der Waals surface area contributed by atoms with Crippen LogP contribution < -0.4 is 10.5 Å². The van der Waals surface area contributed by atoms with Crippen molar-refractivity contribution in [1.82, 2.24) is 0 Å². The van der Waals surface area contributed by atoms with Crippen LogP contribution in [0.3, 0.4) is 0 Å². The average Bonchev–Trinajstić information content (AvgIpc) is 2.25. The van der Waals surface area contributed by atoms with E-state index in [-0.39, 0.29) is 12.4 Å². The zero-order valence-electron chi connectivity index (χ0n) is 8.99. The maximum absolute atomic E-state index is 12.9. The molecule has 0 aliphatic carbocycles. The van der Waals surface area contributed by atoms with Crippen LogP contribution in [0.5, 0.6) is 5.75 Å². The number of anilines is 1. The summed E-state index contributed by atoms with van der Waals surface area (Å²) < 4.78 is 31.0. The molecule has 2 aromatic rings. The smallest absolute Gasteiger partial charge is 0.129 e. The number of rotatable bonds is 3. The van der Waals surface area contributed by atoms with E-state index in [2.05, 4.69) is 0 Å². The number of nitrogen functional groups attached to an aromatic ring is 1. The largest absolute Gasteiger partial charge is 0.489 e. The Morgan fingerprint density at radius 2 is 1.71 bits per heavy atom. The highest BCUT2D eigenvalue weighted by atomic mass is 19.1. The molecule has 4 heteroatoms. The van der Waals surface area contributed by atoms with Gasteiger partial charge in [-0.05, 0) is 17.7 Å². The zero-order valence-corrected chi connectivity index (χ0v) is 8.99. The molecule has 0 heterocycles. The van der Waals surface area contributed by atoms with Gasteiger partial charge in [-0.3, -0.25) is 0 Å². The molecule has 0 fully saturated rings. The van der Waals surface area contributed by atoms with E-state index in [0.717, 1.165) is 23.8 Å². The molecule has 2 aromatic carbocycles. The molecule has 2 rings (SSSR count). The van der Waals surface area contributed by atoms with Crippen molar-refractivity contribution in [2.75, 3.05) is 5.73 Å². The van der Waals surface area contributed by atoms with Gasteiger partial charge < -0.3 is 10.5 Å². The predicted molar refractivity (Wildman–Crippen MR) is 61.5 cm³/mol. The highest BCUT2D eigenvalue weighted by Gasteiger charge is 2.02. The van der Waals surface area contributed by atoms with Gasteiger partial charge in [0.1, 0.15) is 24.0 Å². The fraction of sp³-hybridized carbons (Fsp3) is 0.0769. The Kier molecular flexibility index (Phi) is 3.23. The van der Waals surface area contributed by atoms with Crippen LogP contribution in [0.15, 0.2) is 42.5 Å². The molecule has 0 bridgehead atoms. The van der Waals surface area contributed by atoms with E-state index in [4.69, 9.17) is 10.5 Å². The summed E-state index contributed by atoms with van der Waals surface area (Å²) >= 11 is 0. The van der Waals surface area contributed by atoms with Crippen LogP contribution in [0.1, 0.15) is 5.56 Å². The molecule has 0 aliphatic heterocycles. The fourth-order valence-electron chi connectivity index (χ4n) is 1.46. The molecule has 2 nitrogen and oxygen atoms in total. The molecule has 88 valence electrons. The standard InChI is InChI=1S/C13H11F2NO/c14-10-5-11(15)7-13(6-10)17-8-9-2-1-3-12(16)4-9/h1-7H,8,16H2. The SMILES string of the molecule is Nc1cccc(COc2cc(F)cc(F)c2)c1. The van der Waals surface area contributed by atoms with Gasteiger partial charge in [-0.15, -0.1) is 0 Å². The average molecular weight is 235 g/mol. The quantitative estimate of drug-likeness (QED) is 0.829. The predicted octanol–water partition coefficient (Wildman–Crippen LogP) is 3.13. The Labute approximate surface area is 97.6 Å². The number of hydrogen-bond donors (Lipinski definition) is 1. The monoisotopic (exact) mass is 235 g/mol. The van der Waals surface area contributed by atoms with Gasteiger partial charge >= 0.3 is 0 Å². The number of nitrogens with two attached hydrogens (primary N) is 1. The molecule has 0 saturated heterocycles. The highest BCUT2D eigenvalue weighted by molar-refractivity contribution is 5.40. The van der Waals surface area contributed by atoms with Crippen LogP contribution in [-0.2, 0) is 6.61 Å². The molecule has 0 amide bonds. The van der Waals surface area contributed by atoms with Gasteiger partial charge in [-0.2, -0.15) is 0 Å². The lowest BCUT2D eigenvalue weighted by molar-refractivity contribution is 0.302. The van der Waals surface area contributed by atoms with Crippen LogP contribution in [0.2, 0.25) is 0 Å². The van der Waals surface area contributed by atoms with E-state index in [9.17, 15) is 8.78 Å². The van der Waals surface area contributed by atoms with Crippen LogP contribution in [0.4, 0.5) is 14.5 Å². The van der Waals surface area contributed by atoms with Gasteiger partial charge in [0.05, 0.1) is 0 Å². The number of halogens is 2. The summed E-state index contributed by atoms with van der Waals surface area (Å²) in [5, 5.41) is 0. The van der Waals surface area contributed by atoms with Crippen molar-refractivity contribution in [2.24, 2.45) is 0 Å².